The van der Waals surface area contributed by atoms with Crippen LogP contribution in [-0.2, 0) is 16.2 Å². The number of aromatic carboxylic acids is 1. The predicted octanol–water partition coefficient (Wildman–Crippen LogP) is 3.37. The predicted molar refractivity (Wildman–Crippen MR) is 115 cm³/mol. The van der Waals surface area contributed by atoms with Gasteiger partial charge in [0, 0.05) is 6.04 Å². The van der Waals surface area contributed by atoms with E-state index in [1.54, 1.807) is 42.5 Å². The van der Waals surface area contributed by atoms with Crippen LogP contribution in [0.3, 0.4) is 0 Å². The average molecular weight is 434 g/mol. The molecule has 8 nitrogen and oxygen atoms in total. The van der Waals surface area contributed by atoms with E-state index < -0.39 is 23.8 Å². The lowest BCUT2D eigenvalue weighted by atomic mass is 10.1. The van der Waals surface area contributed by atoms with Crippen molar-refractivity contribution < 1.29 is 29.0 Å². The third-order valence-corrected chi connectivity index (χ3v) is 5.59. The molecule has 2 N–H and O–H groups in total. The van der Waals surface area contributed by atoms with Crippen LogP contribution in [0.15, 0.2) is 54.1 Å². The fourth-order valence-electron chi connectivity index (χ4n) is 3.95. The van der Waals surface area contributed by atoms with Crippen molar-refractivity contribution in [1.29, 1.82) is 0 Å². The number of carboxylic acid groups (broad SMARTS) is 1. The van der Waals surface area contributed by atoms with Crippen molar-refractivity contribution in [3.8, 4) is 5.75 Å². The molecular formula is C24H22N2O6. The van der Waals surface area contributed by atoms with Crippen molar-refractivity contribution in [3.05, 3.63) is 70.8 Å². The number of urea groups is 1. The third kappa shape index (κ3) is 4.54. The second-order valence-electron chi connectivity index (χ2n) is 7.79. The SMILES string of the molecule is O=C1NC(=O)N(C2CCCC2)C(=O)/C1=C/c1ccc(OCc2cccc(C(=O)O)c2)cc1. The number of nitrogens with one attached hydrogen (secondary N) is 1. The Kier molecular flexibility index (Phi) is 6.02. The van der Waals surface area contributed by atoms with Gasteiger partial charge in [-0.15, -0.1) is 0 Å². The molecule has 1 heterocycles. The quantitative estimate of drug-likeness (QED) is 0.532. The lowest BCUT2D eigenvalue weighted by molar-refractivity contribution is -0.131. The summed E-state index contributed by atoms with van der Waals surface area (Å²) < 4.78 is 5.70. The molecule has 4 amide bonds. The summed E-state index contributed by atoms with van der Waals surface area (Å²) in [5, 5.41) is 11.3. The van der Waals surface area contributed by atoms with E-state index in [-0.39, 0.29) is 23.8 Å². The molecule has 32 heavy (non-hydrogen) atoms. The highest BCUT2D eigenvalue weighted by Gasteiger charge is 2.40. The number of hydrogen-bond donors (Lipinski definition) is 2. The molecular weight excluding hydrogens is 412 g/mol. The Morgan fingerprint density at radius 3 is 2.50 bits per heavy atom. The van der Waals surface area contributed by atoms with E-state index in [0.717, 1.165) is 31.2 Å². The topological polar surface area (TPSA) is 113 Å². The molecule has 0 spiro atoms. The summed E-state index contributed by atoms with van der Waals surface area (Å²) in [5.74, 6) is -1.72. The van der Waals surface area contributed by atoms with Crippen molar-refractivity contribution in [1.82, 2.24) is 10.2 Å². The van der Waals surface area contributed by atoms with Gasteiger partial charge in [-0.1, -0.05) is 37.1 Å². The smallest absolute Gasteiger partial charge is 0.335 e. The largest absolute Gasteiger partial charge is 0.489 e. The van der Waals surface area contributed by atoms with Crippen molar-refractivity contribution in [2.24, 2.45) is 0 Å². The van der Waals surface area contributed by atoms with Crippen LogP contribution < -0.4 is 10.1 Å². The highest BCUT2D eigenvalue weighted by molar-refractivity contribution is 6.31. The normalized spacial score (nSPS) is 18.2. The molecule has 4 rings (SSSR count). The molecule has 2 aromatic carbocycles. The maximum Gasteiger partial charge on any atom is 0.335 e. The minimum Gasteiger partial charge on any atom is -0.489 e. The van der Waals surface area contributed by atoms with Crippen LogP contribution in [0.5, 0.6) is 5.75 Å². The maximum absolute atomic E-state index is 12.8. The van der Waals surface area contributed by atoms with E-state index in [2.05, 4.69) is 5.32 Å². The van der Waals surface area contributed by atoms with Gasteiger partial charge in [-0.2, -0.15) is 0 Å². The zero-order valence-electron chi connectivity index (χ0n) is 17.2. The Hall–Kier alpha value is -3.94. The molecule has 0 radical (unpaired) electrons. The zero-order chi connectivity index (χ0) is 22.7. The summed E-state index contributed by atoms with van der Waals surface area (Å²) in [6, 6.07) is 12.5. The minimum atomic E-state index is -1.00. The van der Waals surface area contributed by atoms with Gasteiger partial charge >= 0.3 is 12.0 Å². The Labute approximate surface area is 184 Å². The van der Waals surface area contributed by atoms with Crippen LogP contribution in [0.2, 0.25) is 0 Å². The first-order valence-corrected chi connectivity index (χ1v) is 10.4. The van der Waals surface area contributed by atoms with Gasteiger partial charge < -0.3 is 9.84 Å². The molecule has 0 atom stereocenters. The Morgan fingerprint density at radius 1 is 1.09 bits per heavy atom. The van der Waals surface area contributed by atoms with Gasteiger partial charge in [-0.3, -0.25) is 19.8 Å². The molecule has 1 aliphatic carbocycles. The van der Waals surface area contributed by atoms with Crippen LogP contribution in [0, 0.1) is 0 Å². The molecule has 2 aromatic rings. The number of nitrogens with zero attached hydrogens (tertiary/aromatic N) is 1. The first-order chi connectivity index (χ1) is 15.4. The number of carbonyl (C=O) groups is 4. The van der Waals surface area contributed by atoms with Crippen LogP contribution >= 0.6 is 0 Å². The molecule has 0 unspecified atom stereocenters. The molecule has 1 saturated heterocycles. The van der Waals surface area contributed by atoms with E-state index in [0.29, 0.717) is 11.3 Å². The van der Waals surface area contributed by atoms with Gasteiger partial charge in [-0.25, -0.2) is 9.59 Å². The molecule has 8 heteroatoms. The number of imide groups is 2. The van der Waals surface area contributed by atoms with Crippen molar-refractivity contribution in [3.63, 3.8) is 0 Å². The van der Waals surface area contributed by atoms with Gasteiger partial charge in [0.25, 0.3) is 11.8 Å². The van der Waals surface area contributed by atoms with E-state index in [1.165, 1.54) is 17.0 Å². The van der Waals surface area contributed by atoms with E-state index in [9.17, 15) is 19.2 Å². The highest BCUT2D eigenvalue weighted by Crippen LogP contribution is 2.27. The maximum atomic E-state index is 12.8. The summed E-state index contributed by atoms with van der Waals surface area (Å²) in [6.45, 7) is 0.195. The summed E-state index contributed by atoms with van der Waals surface area (Å²) in [5.41, 5.74) is 1.45. The number of carbonyl (C=O) groups excluding carboxylic acids is 3. The first-order valence-electron chi connectivity index (χ1n) is 10.4. The van der Waals surface area contributed by atoms with Crippen LogP contribution in [-0.4, -0.2) is 39.9 Å². The standard InChI is InChI=1S/C24H22N2O6/c27-21-20(22(28)26(24(31)25-21)18-6-1-2-7-18)13-15-8-10-19(11-9-15)32-14-16-4-3-5-17(12-16)23(29)30/h3-5,8-13,18H,1-2,6-7,14H2,(H,29,30)(H,25,27,31)/b20-13+. The fraction of sp³-hybridized carbons (Fsp3) is 0.250. The molecule has 0 aromatic heterocycles. The van der Waals surface area contributed by atoms with Gasteiger partial charge in [0.1, 0.15) is 17.9 Å². The molecule has 2 aliphatic rings. The highest BCUT2D eigenvalue weighted by atomic mass is 16.5. The van der Waals surface area contributed by atoms with Gasteiger partial charge in [0.15, 0.2) is 0 Å². The summed E-state index contributed by atoms with van der Waals surface area (Å²) in [6.07, 6.45) is 4.88. The molecule has 1 aliphatic heterocycles. The third-order valence-electron chi connectivity index (χ3n) is 5.59. The first kappa shape index (κ1) is 21.3. The van der Waals surface area contributed by atoms with Gasteiger partial charge in [0.2, 0.25) is 0 Å². The number of hydrogen-bond acceptors (Lipinski definition) is 5. The second-order valence-corrected chi connectivity index (χ2v) is 7.79. The molecule has 0 bridgehead atoms. The average Bonchev–Trinajstić information content (AvgIpc) is 3.30. The van der Waals surface area contributed by atoms with Gasteiger partial charge in [-0.05, 0) is 54.3 Å². The number of rotatable bonds is 6. The molecule has 164 valence electrons. The van der Waals surface area contributed by atoms with E-state index in [4.69, 9.17) is 9.84 Å². The Morgan fingerprint density at radius 2 is 1.81 bits per heavy atom. The van der Waals surface area contributed by atoms with Crippen LogP contribution in [0.1, 0.15) is 47.2 Å². The summed E-state index contributed by atoms with van der Waals surface area (Å²) in [4.78, 5) is 49.5. The molecule has 1 saturated carbocycles. The number of barbiturate groups is 1. The second kappa shape index (κ2) is 9.05. The lowest BCUT2D eigenvalue weighted by Crippen LogP contribution is -2.57. The van der Waals surface area contributed by atoms with Crippen molar-refractivity contribution in [2.75, 3.05) is 0 Å². The Bertz CT molecular complexity index is 1100. The summed E-state index contributed by atoms with van der Waals surface area (Å²) >= 11 is 0. The Balaban J connectivity index is 1.45. The van der Waals surface area contributed by atoms with Crippen molar-refractivity contribution >= 4 is 29.9 Å². The minimum absolute atomic E-state index is 0.0735. The monoisotopic (exact) mass is 434 g/mol. The van der Waals surface area contributed by atoms with E-state index in [1.807, 2.05) is 0 Å². The van der Waals surface area contributed by atoms with Crippen LogP contribution in [0.4, 0.5) is 4.79 Å². The van der Waals surface area contributed by atoms with Crippen LogP contribution in [0.25, 0.3) is 6.08 Å². The van der Waals surface area contributed by atoms with E-state index >= 15 is 0 Å². The zero-order valence-corrected chi connectivity index (χ0v) is 17.2. The molecule has 2 fully saturated rings. The lowest BCUT2D eigenvalue weighted by Gasteiger charge is -2.31. The number of ether oxygens (including phenoxy) is 1. The van der Waals surface area contributed by atoms with Crippen molar-refractivity contribution in [2.45, 2.75) is 38.3 Å². The number of amides is 4. The summed E-state index contributed by atoms with van der Waals surface area (Å²) in [7, 11) is 0. The fourth-order valence-corrected chi connectivity index (χ4v) is 3.95. The van der Waals surface area contributed by atoms with Gasteiger partial charge in [0.05, 0.1) is 5.56 Å². The number of carboxylic acids is 1. The number of benzene rings is 2.